The Morgan fingerprint density at radius 1 is 1.39 bits per heavy atom. The van der Waals surface area contributed by atoms with E-state index >= 15 is 0 Å². The Morgan fingerprint density at radius 2 is 2.09 bits per heavy atom. The Hall–Kier alpha value is -1.79. The van der Waals surface area contributed by atoms with Gasteiger partial charge in [-0.15, -0.1) is 0 Å². The number of rotatable bonds is 6. The third-order valence-corrected chi connectivity index (χ3v) is 4.33. The number of amides is 1. The molecule has 126 valence electrons. The molecule has 0 saturated carbocycles. The first-order valence-electron chi connectivity index (χ1n) is 7.52. The van der Waals surface area contributed by atoms with E-state index in [1.165, 1.54) is 12.0 Å². The second kappa shape index (κ2) is 8.17. The van der Waals surface area contributed by atoms with E-state index in [0.717, 1.165) is 12.0 Å². The van der Waals surface area contributed by atoms with E-state index in [2.05, 4.69) is 4.90 Å². The average molecular weight is 341 g/mol. The van der Waals surface area contributed by atoms with Gasteiger partial charge in [0.25, 0.3) is 0 Å². The smallest absolute Gasteiger partial charge is 0.407 e. The summed E-state index contributed by atoms with van der Waals surface area (Å²) in [5, 5.41) is 9.78. The van der Waals surface area contributed by atoms with Crippen LogP contribution in [-0.2, 0) is 16.1 Å². The number of carbonyl (C=O) groups excluding carboxylic acids is 1. The monoisotopic (exact) mass is 340 g/mol. The number of carboxylic acid groups (broad SMARTS) is 1. The Morgan fingerprint density at radius 3 is 2.65 bits per heavy atom. The molecular formula is C16H21ClN2O4. The van der Waals surface area contributed by atoms with E-state index < -0.39 is 6.09 Å². The number of hydrogen-bond donors (Lipinski definition) is 1. The average Bonchev–Trinajstić information content (AvgIpc) is 3.03. The molecule has 1 amide bonds. The van der Waals surface area contributed by atoms with Crippen molar-refractivity contribution < 1.29 is 19.4 Å². The van der Waals surface area contributed by atoms with Crippen molar-refractivity contribution in [3.63, 3.8) is 0 Å². The lowest BCUT2D eigenvalue weighted by molar-refractivity contribution is -0.141. The zero-order chi connectivity index (χ0) is 16.8. The van der Waals surface area contributed by atoms with Gasteiger partial charge in [-0.3, -0.25) is 9.69 Å². The molecular weight excluding hydrogens is 320 g/mol. The molecule has 0 bridgehead atoms. The van der Waals surface area contributed by atoms with Crippen molar-refractivity contribution in [2.75, 3.05) is 26.7 Å². The molecule has 2 rings (SSSR count). The Labute approximate surface area is 140 Å². The normalized spacial score (nSPS) is 17.5. The van der Waals surface area contributed by atoms with Gasteiger partial charge in [0, 0.05) is 37.2 Å². The Kier molecular flexibility index (Phi) is 6.24. The summed E-state index contributed by atoms with van der Waals surface area (Å²) in [6.07, 6.45) is 0.154. The van der Waals surface area contributed by atoms with Crippen LogP contribution in [-0.4, -0.2) is 59.8 Å². The molecule has 0 radical (unpaired) electrons. The van der Waals surface area contributed by atoms with Crippen LogP contribution in [0.5, 0.6) is 0 Å². The molecule has 0 aliphatic carbocycles. The second-order valence-electron chi connectivity index (χ2n) is 5.59. The largest absolute Gasteiger partial charge is 0.469 e. The van der Waals surface area contributed by atoms with Crippen molar-refractivity contribution in [1.29, 1.82) is 0 Å². The van der Waals surface area contributed by atoms with Crippen molar-refractivity contribution in [2.45, 2.75) is 25.4 Å². The van der Waals surface area contributed by atoms with Crippen LogP contribution in [0.2, 0.25) is 5.02 Å². The minimum Gasteiger partial charge on any atom is -0.469 e. The number of ether oxygens (including phenoxy) is 1. The lowest BCUT2D eigenvalue weighted by Crippen LogP contribution is -2.39. The highest BCUT2D eigenvalue weighted by molar-refractivity contribution is 6.30. The van der Waals surface area contributed by atoms with Crippen LogP contribution in [0.15, 0.2) is 24.3 Å². The first-order valence-corrected chi connectivity index (χ1v) is 7.90. The summed E-state index contributed by atoms with van der Waals surface area (Å²) < 4.78 is 4.70. The standard InChI is InChI=1S/C16H21ClN2O4/c1-23-15(20)7-9-18(10-12-2-4-13(17)5-3-12)14-6-8-19(11-14)16(21)22/h2-5,14H,6-11H2,1H3,(H,21,22). The molecule has 1 aliphatic heterocycles. The van der Waals surface area contributed by atoms with Crippen LogP contribution in [0.1, 0.15) is 18.4 Å². The lowest BCUT2D eigenvalue weighted by atomic mass is 10.1. The summed E-state index contributed by atoms with van der Waals surface area (Å²) in [6.45, 7) is 2.17. The fourth-order valence-electron chi connectivity index (χ4n) is 2.77. The van der Waals surface area contributed by atoms with Crippen LogP contribution >= 0.6 is 11.6 Å². The van der Waals surface area contributed by atoms with E-state index in [-0.39, 0.29) is 18.4 Å². The second-order valence-corrected chi connectivity index (χ2v) is 6.03. The summed E-state index contributed by atoms with van der Waals surface area (Å²) in [7, 11) is 1.37. The topological polar surface area (TPSA) is 70.1 Å². The molecule has 1 saturated heterocycles. The zero-order valence-corrected chi connectivity index (χ0v) is 13.8. The highest BCUT2D eigenvalue weighted by atomic mass is 35.5. The van der Waals surface area contributed by atoms with Gasteiger partial charge in [0.05, 0.1) is 13.5 Å². The zero-order valence-electron chi connectivity index (χ0n) is 13.1. The van der Waals surface area contributed by atoms with E-state index in [1.54, 1.807) is 0 Å². The first-order chi connectivity index (χ1) is 11.0. The van der Waals surface area contributed by atoms with Gasteiger partial charge in [-0.1, -0.05) is 23.7 Å². The first kappa shape index (κ1) is 17.6. The minimum absolute atomic E-state index is 0.103. The van der Waals surface area contributed by atoms with Crippen molar-refractivity contribution in [3.8, 4) is 0 Å². The molecule has 1 unspecified atom stereocenters. The van der Waals surface area contributed by atoms with Crippen molar-refractivity contribution in [3.05, 3.63) is 34.9 Å². The number of likely N-dealkylation sites (tertiary alicyclic amines) is 1. The van der Waals surface area contributed by atoms with Gasteiger partial charge >= 0.3 is 12.1 Å². The Bertz CT molecular complexity index is 550. The van der Waals surface area contributed by atoms with Crippen LogP contribution in [0.3, 0.4) is 0 Å². The third-order valence-electron chi connectivity index (χ3n) is 4.08. The number of methoxy groups -OCH3 is 1. The fourth-order valence-corrected chi connectivity index (χ4v) is 2.89. The summed E-state index contributed by atoms with van der Waals surface area (Å²) in [6, 6.07) is 7.64. The molecule has 1 atom stereocenters. The summed E-state index contributed by atoms with van der Waals surface area (Å²) in [4.78, 5) is 26.1. The van der Waals surface area contributed by atoms with Gasteiger partial charge in [-0.25, -0.2) is 4.79 Å². The van der Waals surface area contributed by atoms with Crippen LogP contribution in [0, 0.1) is 0 Å². The molecule has 1 heterocycles. The number of carbonyl (C=O) groups is 2. The SMILES string of the molecule is COC(=O)CCN(Cc1ccc(Cl)cc1)C1CCN(C(=O)O)C1. The highest BCUT2D eigenvalue weighted by Crippen LogP contribution is 2.20. The lowest BCUT2D eigenvalue weighted by Gasteiger charge is -2.28. The minimum atomic E-state index is -0.896. The number of benzene rings is 1. The quantitative estimate of drug-likeness (QED) is 0.805. The van der Waals surface area contributed by atoms with Crippen LogP contribution in [0.4, 0.5) is 4.79 Å². The van der Waals surface area contributed by atoms with E-state index in [1.807, 2.05) is 24.3 Å². The third kappa shape index (κ3) is 5.11. The van der Waals surface area contributed by atoms with Crippen molar-refractivity contribution in [2.24, 2.45) is 0 Å². The molecule has 1 N–H and O–H groups in total. The highest BCUT2D eigenvalue weighted by Gasteiger charge is 2.30. The molecule has 1 aromatic rings. The maximum absolute atomic E-state index is 11.4. The van der Waals surface area contributed by atoms with Gasteiger partial charge in [0.1, 0.15) is 0 Å². The van der Waals surface area contributed by atoms with Gasteiger partial charge in [-0.05, 0) is 24.1 Å². The maximum atomic E-state index is 11.4. The predicted octanol–water partition coefficient (Wildman–Crippen LogP) is 2.46. The van der Waals surface area contributed by atoms with Gasteiger partial charge in [0.2, 0.25) is 0 Å². The van der Waals surface area contributed by atoms with Crippen molar-refractivity contribution in [1.82, 2.24) is 9.80 Å². The molecule has 6 nitrogen and oxygen atoms in total. The summed E-state index contributed by atoms with van der Waals surface area (Å²) in [5.41, 5.74) is 1.08. The molecule has 0 spiro atoms. The molecule has 1 fully saturated rings. The van der Waals surface area contributed by atoms with E-state index in [0.29, 0.717) is 31.2 Å². The number of esters is 1. The van der Waals surface area contributed by atoms with E-state index in [9.17, 15) is 9.59 Å². The molecule has 0 aromatic heterocycles. The maximum Gasteiger partial charge on any atom is 0.407 e. The van der Waals surface area contributed by atoms with Gasteiger partial charge in [0.15, 0.2) is 0 Å². The van der Waals surface area contributed by atoms with Crippen molar-refractivity contribution >= 4 is 23.7 Å². The van der Waals surface area contributed by atoms with Gasteiger partial charge < -0.3 is 14.7 Å². The van der Waals surface area contributed by atoms with Crippen LogP contribution in [0.25, 0.3) is 0 Å². The number of halogens is 1. The fraction of sp³-hybridized carbons (Fsp3) is 0.500. The Balaban J connectivity index is 2.03. The van der Waals surface area contributed by atoms with Gasteiger partial charge in [-0.2, -0.15) is 0 Å². The predicted molar refractivity (Wildman–Crippen MR) is 86.5 cm³/mol. The summed E-state index contributed by atoms with van der Waals surface area (Å²) in [5.74, 6) is -0.265. The molecule has 1 aliphatic rings. The summed E-state index contributed by atoms with van der Waals surface area (Å²) >= 11 is 5.90. The van der Waals surface area contributed by atoms with E-state index in [4.69, 9.17) is 21.4 Å². The van der Waals surface area contributed by atoms with Crippen LogP contribution < -0.4 is 0 Å². The number of hydrogen-bond acceptors (Lipinski definition) is 4. The number of nitrogens with zero attached hydrogens (tertiary/aromatic N) is 2. The molecule has 7 heteroatoms. The molecule has 23 heavy (non-hydrogen) atoms. The molecule has 1 aromatic carbocycles.